The topological polar surface area (TPSA) is 26.3 Å². The van der Waals surface area contributed by atoms with Crippen molar-refractivity contribution in [3.8, 4) is 0 Å². The van der Waals surface area contributed by atoms with E-state index in [1.807, 2.05) is 20.8 Å². The molecule has 0 N–H and O–H groups in total. The molecule has 0 aromatic heterocycles. The predicted octanol–water partition coefficient (Wildman–Crippen LogP) is 3.69. The molecule has 1 spiro atoms. The normalized spacial score (nSPS) is 25.2. The summed E-state index contributed by atoms with van der Waals surface area (Å²) in [7, 11) is 0. The molecule has 0 aromatic rings. The highest BCUT2D eigenvalue weighted by Crippen LogP contribution is 2.52. The zero-order valence-corrected chi connectivity index (χ0v) is 10.8. The number of esters is 1. The van der Waals surface area contributed by atoms with Gasteiger partial charge in [-0.25, -0.2) is 0 Å². The minimum Gasteiger partial charge on any atom is -0.462 e. The Morgan fingerprint density at radius 3 is 2.19 bits per heavy atom. The van der Waals surface area contributed by atoms with E-state index < -0.39 is 0 Å². The Kier molecular flexibility index (Phi) is 3.02. The summed E-state index contributed by atoms with van der Waals surface area (Å²) in [5.74, 6) is -0.0387. The van der Waals surface area contributed by atoms with Gasteiger partial charge in [0.25, 0.3) is 0 Å². The minimum atomic E-state index is -0.352. The molecule has 0 aliphatic heterocycles. The first kappa shape index (κ1) is 11.9. The Morgan fingerprint density at radius 1 is 1.12 bits per heavy atom. The SMILES string of the molecule is CC(C)(C)C(=O)OC1CC2(CCCCC2)C1. The maximum Gasteiger partial charge on any atom is 0.311 e. The molecule has 2 rings (SSSR count). The molecule has 0 radical (unpaired) electrons. The zero-order valence-electron chi connectivity index (χ0n) is 10.8. The molecular formula is C14H24O2. The van der Waals surface area contributed by atoms with Gasteiger partial charge in [-0.2, -0.15) is 0 Å². The van der Waals surface area contributed by atoms with Gasteiger partial charge in [-0.15, -0.1) is 0 Å². The van der Waals surface area contributed by atoms with Crippen LogP contribution in [-0.2, 0) is 9.53 Å². The van der Waals surface area contributed by atoms with Crippen LogP contribution in [0.2, 0.25) is 0 Å². The van der Waals surface area contributed by atoms with Crippen LogP contribution in [0, 0.1) is 10.8 Å². The summed E-state index contributed by atoms with van der Waals surface area (Å²) in [6, 6.07) is 0. The van der Waals surface area contributed by atoms with Gasteiger partial charge >= 0.3 is 5.97 Å². The molecule has 0 heterocycles. The van der Waals surface area contributed by atoms with Gasteiger partial charge in [0.05, 0.1) is 5.41 Å². The van der Waals surface area contributed by atoms with Crippen LogP contribution in [0.15, 0.2) is 0 Å². The summed E-state index contributed by atoms with van der Waals surface area (Å²) < 4.78 is 5.54. The van der Waals surface area contributed by atoms with Gasteiger partial charge in [0.2, 0.25) is 0 Å². The quantitative estimate of drug-likeness (QED) is 0.635. The van der Waals surface area contributed by atoms with Crippen LogP contribution < -0.4 is 0 Å². The number of carbonyl (C=O) groups excluding carboxylic acids is 1. The number of rotatable bonds is 1. The monoisotopic (exact) mass is 224 g/mol. The van der Waals surface area contributed by atoms with Gasteiger partial charge in [-0.1, -0.05) is 19.3 Å². The predicted molar refractivity (Wildman–Crippen MR) is 64.1 cm³/mol. The average Bonchev–Trinajstić information content (AvgIpc) is 2.15. The van der Waals surface area contributed by atoms with E-state index in [9.17, 15) is 4.79 Å². The minimum absolute atomic E-state index is 0.0387. The van der Waals surface area contributed by atoms with Crippen molar-refractivity contribution in [3.05, 3.63) is 0 Å². The highest BCUT2D eigenvalue weighted by Gasteiger charge is 2.46. The fourth-order valence-electron chi connectivity index (χ4n) is 3.03. The number of hydrogen-bond acceptors (Lipinski definition) is 2. The van der Waals surface area contributed by atoms with Crippen molar-refractivity contribution in [2.75, 3.05) is 0 Å². The molecule has 92 valence electrons. The third-order valence-electron chi connectivity index (χ3n) is 4.12. The summed E-state index contributed by atoms with van der Waals surface area (Å²) in [5.41, 5.74) is 0.205. The highest BCUT2D eigenvalue weighted by atomic mass is 16.5. The van der Waals surface area contributed by atoms with Crippen molar-refractivity contribution in [2.24, 2.45) is 10.8 Å². The van der Waals surface area contributed by atoms with Crippen molar-refractivity contribution in [2.45, 2.75) is 71.8 Å². The maximum absolute atomic E-state index is 11.7. The summed E-state index contributed by atoms with van der Waals surface area (Å²) in [6.45, 7) is 5.76. The molecule has 0 amide bonds. The Hall–Kier alpha value is -0.530. The molecule has 0 atom stereocenters. The van der Waals surface area contributed by atoms with Crippen molar-refractivity contribution < 1.29 is 9.53 Å². The second kappa shape index (κ2) is 4.05. The van der Waals surface area contributed by atoms with Crippen LogP contribution in [0.3, 0.4) is 0 Å². The van der Waals surface area contributed by atoms with E-state index in [1.165, 1.54) is 32.1 Å². The van der Waals surface area contributed by atoms with Crippen molar-refractivity contribution in [1.29, 1.82) is 0 Å². The van der Waals surface area contributed by atoms with Gasteiger partial charge in [-0.3, -0.25) is 4.79 Å². The van der Waals surface area contributed by atoms with E-state index in [4.69, 9.17) is 4.74 Å². The van der Waals surface area contributed by atoms with Crippen LogP contribution in [0.25, 0.3) is 0 Å². The van der Waals surface area contributed by atoms with E-state index in [-0.39, 0.29) is 17.5 Å². The van der Waals surface area contributed by atoms with Crippen LogP contribution in [-0.4, -0.2) is 12.1 Å². The van der Waals surface area contributed by atoms with Crippen molar-refractivity contribution >= 4 is 5.97 Å². The van der Waals surface area contributed by atoms with E-state index >= 15 is 0 Å². The van der Waals surface area contributed by atoms with Crippen molar-refractivity contribution in [1.82, 2.24) is 0 Å². The molecule has 2 heteroatoms. The smallest absolute Gasteiger partial charge is 0.311 e. The first-order valence-corrected chi connectivity index (χ1v) is 6.62. The van der Waals surface area contributed by atoms with Gasteiger partial charge in [-0.05, 0) is 51.9 Å². The van der Waals surface area contributed by atoms with Crippen molar-refractivity contribution in [3.63, 3.8) is 0 Å². The molecule has 0 aromatic carbocycles. The highest BCUT2D eigenvalue weighted by molar-refractivity contribution is 5.75. The molecule has 0 saturated heterocycles. The van der Waals surface area contributed by atoms with E-state index in [2.05, 4.69) is 0 Å². The lowest BCUT2D eigenvalue weighted by Crippen LogP contribution is -2.45. The first-order chi connectivity index (χ1) is 7.41. The van der Waals surface area contributed by atoms with Gasteiger partial charge < -0.3 is 4.74 Å². The molecule has 2 aliphatic carbocycles. The second-order valence-electron chi connectivity index (χ2n) is 6.75. The lowest BCUT2D eigenvalue weighted by atomic mass is 9.59. The Bertz CT molecular complexity index is 261. The lowest BCUT2D eigenvalue weighted by molar-refractivity contribution is -0.172. The number of carbonyl (C=O) groups is 1. The average molecular weight is 224 g/mol. The Labute approximate surface area is 98.7 Å². The van der Waals surface area contributed by atoms with E-state index in [0.717, 1.165) is 12.8 Å². The summed E-state index contributed by atoms with van der Waals surface area (Å²) in [6.07, 6.45) is 9.31. The summed E-state index contributed by atoms with van der Waals surface area (Å²) in [5, 5.41) is 0. The standard InChI is InChI=1S/C14H24O2/c1-13(2,3)12(15)16-11-9-14(10-11)7-5-4-6-8-14/h11H,4-10H2,1-3H3. The second-order valence-corrected chi connectivity index (χ2v) is 6.75. The summed E-state index contributed by atoms with van der Waals surface area (Å²) in [4.78, 5) is 11.7. The van der Waals surface area contributed by atoms with Gasteiger partial charge in [0, 0.05) is 0 Å². The molecule has 2 nitrogen and oxygen atoms in total. The van der Waals surface area contributed by atoms with Crippen LogP contribution in [0.5, 0.6) is 0 Å². The Morgan fingerprint density at radius 2 is 1.69 bits per heavy atom. The third kappa shape index (κ3) is 2.41. The number of ether oxygens (including phenoxy) is 1. The van der Waals surface area contributed by atoms with E-state index in [1.54, 1.807) is 0 Å². The lowest BCUT2D eigenvalue weighted by Gasteiger charge is -2.49. The van der Waals surface area contributed by atoms with Gasteiger partial charge in [0.1, 0.15) is 6.10 Å². The zero-order chi connectivity index (χ0) is 11.8. The molecule has 2 saturated carbocycles. The largest absolute Gasteiger partial charge is 0.462 e. The molecule has 2 aliphatic rings. The summed E-state index contributed by atoms with van der Waals surface area (Å²) >= 11 is 0. The maximum atomic E-state index is 11.7. The molecule has 2 fully saturated rings. The molecular weight excluding hydrogens is 200 g/mol. The van der Waals surface area contributed by atoms with Gasteiger partial charge in [0.15, 0.2) is 0 Å². The molecule has 16 heavy (non-hydrogen) atoms. The van der Waals surface area contributed by atoms with E-state index in [0.29, 0.717) is 5.41 Å². The van der Waals surface area contributed by atoms with Crippen LogP contribution in [0.4, 0.5) is 0 Å². The molecule has 0 bridgehead atoms. The Balaban J connectivity index is 1.78. The fourth-order valence-corrected chi connectivity index (χ4v) is 3.03. The molecule has 0 unspecified atom stereocenters. The van der Waals surface area contributed by atoms with Crippen LogP contribution >= 0.6 is 0 Å². The van der Waals surface area contributed by atoms with Crippen LogP contribution in [0.1, 0.15) is 65.7 Å². The fraction of sp³-hybridized carbons (Fsp3) is 0.929. The number of hydrogen-bond donors (Lipinski definition) is 0. The first-order valence-electron chi connectivity index (χ1n) is 6.62. The third-order valence-corrected chi connectivity index (χ3v) is 4.12.